The SMILES string of the molecule is COc1nc(N[C@H]2CC[C@@H](C(=O)N(C)C)CC2)nc2[nH]cc(-c3ccc4nccnc4c3)c12. The molecule has 0 atom stereocenters. The summed E-state index contributed by atoms with van der Waals surface area (Å²) in [7, 11) is 5.25. The van der Waals surface area contributed by atoms with E-state index in [9.17, 15) is 4.79 Å². The summed E-state index contributed by atoms with van der Waals surface area (Å²) in [6.07, 6.45) is 8.83. The fraction of sp³-hybridized carbons (Fsp3) is 0.375. The lowest BCUT2D eigenvalue weighted by molar-refractivity contribution is -0.133. The molecule has 0 bridgehead atoms. The van der Waals surface area contributed by atoms with Gasteiger partial charge in [-0.3, -0.25) is 14.8 Å². The molecule has 1 saturated carbocycles. The lowest BCUT2D eigenvalue weighted by Crippen LogP contribution is -2.35. The van der Waals surface area contributed by atoms with Gasteiger partial charge in [-0.1, -0.05) is 6.07 Å². The number of hydrogen-bond acceptors (Lipinski definition) is 7. The summed E-state index contributed by atoms with van der Waals surface area (Å²) >= 11 is 0. The van der Waals surface area contributed by atoms with Gasteiger partial charge in [-0.15, -0.1) is 0 Å². The number of nitrogens with one attached hydrogen (secondary N) is 2. The first-order valence-electron chi connectivity index (χ1n) is 11.2. The van der Waals surface area contributed by atoms with E-state index in [4.69, 9.17) is 9.72 Å². The molecule has 0 spiro atoms. The standard InChI is InChI=1S/C24H27N7O2/c1-31(2)23(32)14-4-7-16(8-5-14)28-24-29-21-20(22(30-24)33-3)17(13-27-21)15-6-9-18-19(12-15)26-11-10-25-18/h6,9-14,16H,4-5,7-8H2,1-3H3,(H2,27,28,29,30)/t14-,16+. The Balaban J connectivity index is 1.40. The smallest absolute Gasteiger partial charge is 0.228 e. The highest BCUT2D eigenvalue weighted by molar-refractivity contribution is 5.99. The number of nitrogens with zero attached hydrogens (tertiary/aromatic N) is 5. The highest BCUT2D eigenvalue weighted by Crippen LogP contribution is 2.35. The molecule has 0 aliphatic heterocycles. The van der Waals surface area contributed by atoms with Gasteiger partial charge in [-0.25, -0.2) is 0 Å². The average molecular weight is 446 g/mol. The second-order valence-electron chi connectivity index (χ2n) is 8.67. The number of carbonyl (C=O) groups excluding carboxylic acids is 1. The maximum Gasteiger partial charge on any atom is 0.228 e. The molecule has 1 fully saturated rings. The molecular formula is C24H27N7O2. The van der Waals surface area contributed by atoms with Crippen LogP contribution in [0.3, 0.4) is 0 Å². The van der Waals surface area contributed by atoms with Crippen LogP contribution < -0.4 is 10.1 Å². The van der Waals surface area contributed by atoms with Crippen LogP contribution in [0.1, 0.15) is 25.7 Å². The lowest BCUT2D eigenvalue weighted by atomic mass is 9.85. The normalized spacial score (nSPS) is 18.4. The Morgan fingerprint density at radius 1 is 1.09 bits per heavy atom. The molecule has 0 saturated heterocycles. The van der Waals surface area contributed by atoms with Gasteiger partial charge in [0.05, 0.1) is 23.5 Å². The first-order valence-corrected chi connectivity index (χ1v) is 11.2. The number of fused-ring (bicyclic) bond motifs is 2. The van der Waals surface area contributed by atoms with E-state index in [1.807, 2.05) is 38.5 Å². The van der Waals surface area contributed by atoms with Crippen LogP contribution in [0.25, 0.3) is 33.2 Å². The van der Waals surface area contributed by atoms with Crippen LogP contribution in [0.4, 0.5) is 5.95 Å². The summed E-state index contributed by atoms with van der Waals surface area (Å²) in [5.74, 6) is 1.36. The molecule has 4 aromatic rings. The number of H-pyrrole nitrogens is 1. The fourth-order valence-corrected chi connectivity index (χ4v) is 4.60. The summed E-state index contributed by atoms with van der Waals surface area (Å²) in [4.78, 5) is 35.3. The predicted octanol–water partition coefficient (Wildman–Crippen LogP) is 3.64. The zero-order valence-corrected chi connectivity index (χ0v) is 19.0. The third kappa shape index (κ3) is 4.06. The van der Waals surface area contributed by atoms with Crippen LogP contribution in [0, 0.1) is 5.92 Å². The zero-order chi connectivity index (χ0) is 22.9. The maximum atomic E-state index is 12.2. The van der Waals surface area contributed by atoms with Gasteiger partial charge in [0, 0.05) is 50.2 Å². The van der Waals surface area contributed by atoms with Crippen molar-refractivity contribution in [2.45, 2.75) is 31.7 Å². The summed E-state index contributed by atoms with van der Waals surface area (Å²) in [5.41, 5.74) is 4.31. The quantitative estimate of drug-likeness (QED) is 0.483. The monoisotopic (exact) mass is 445 g/mol. The van der Waals surface area contributed by atoms with Gasteiger partial charge < -0.3 is 19.9 Å². The Morgan fingerprint density at radius 2 is 1.85 bits per heavy atom. The second-order valence-corrected chi connectivity index (χ2v) is 8.67. The largest absolute Gasteiger partial charge is 0.480 e. The first kappa shape index (κ1) is 21.1. The van der Waals surface area contributed by atoms with E-state index < -0.39 is 0 Å². The van der Waals surface area contributed by atoms with Gasteiger partial charge in [0.1, 0.15) is 5.65 Å². The van der Waals surface area contributed by atoms with Crippen LogP contribution in [-0.4, -0.2) is 63.0 Å². The van der Waals surface area contributed by atoms with E-state index in [1.165, 1.54) is 0 Å². The fourth-order valence-electron chi connectivity index (χ4n) is 4.60. The predicted molar refractivity (Wildman–Crippen MR) is 127 cm³/mol. The molecule has 9 nitrogen and oxygen atoms in total. The molecule has 0 radical (unpaired) electrons. The molecule has 3 aromatic heterocycles. The van der Waals surface area contributed by atoms with Crippen molar-refractivity contribution in [3.63, 3.8) is 0 Å². The first-order chi connectivity index (χ1) is 16.0. The van der Waals surface area contributed by atoms with Gasteiger partial charge in [0.15, 0.2) is 0 Å². The number of carbonyl (C=O) groups is 1. The van der Waals surface area contributed by atoms with Gasteiger partial charge in [-0.2, -0.15) is 9.97 Å². The highest BCUT2D eigenvalue weighted by Gasteiger charge is 2.28. The average Bonchev–Trinajstić information content (AvgIpc) is 3.27. The van der Waals surface area contributed by atoms with Crippen molar-refractivity contribution in [2.24, 2.45) is 5.92 Å². The molecule has 3 heterocycles. The van der Waals surface area contributed by atoms with E-state index in [1.54, 1.807) is 24.4 Å². The Hall–Kier alpha value is -3.75. The van der Waals surface area contributed by atoms with Crippen LogP contribution in [0.15, 0.2) is 36.8 Å². The van der Waals surface area contributed by atoms with Crippen LogP contribution in [0.5, 0.6) is 5.88 Å². The number of aromatic nitrogens is 5. The molecule has 33 heavy (non-hydrogen) atoms. The Labute approximate surface area is 191 Å². The van der Waals surface area contributed by atoms with Crippen molar-refractivity contribution in [3.8, 4) is 17.0 Å². The third-order valence-electron chi connectivity index (χ3n) is 6.32. The molecule has 2 N–H and O–H groups in total. The number of benzene rings is 1. The minimum atomic E-state index is 0.105. The Morgan fingerprint density at radius 3 is 2.58 bits per heavy atom. The van der Waals surface area contributed by atoms with E-state index in [0.29, 0.717) is 17.5 Å². The molecule has 1 aromatic carbocycles. The minimum absolute atomic E-state index is 0.105. The molecule has 5 rings (SSSR count). The molecule has 1 amide bonds. The molecule has 1 aliphatic carbocycles. The maximum absolute atomic E-state index is 12.2. The van der Waals surface area contributed by atoms with Crippen LogP contribution in [0.2, 0.25) is 0 Å². The number of amides is 1. The number of aromatic amines is 1. The summed E-state index contributed by atoms with van der Waals surface area (Å²) in [6.45, 7) is 0. The summed E-state index contributed by atoms with van der Waals surface area (Å²) in [5, 5.41) is 4.27. The zero-order valence-electron chi connectivity index (χ0n) is 19.0. The van der Waals surface area contributed by atoms with Crippen molar-refractivity contribution < 1.29 is 9.53 Å². The van der Waals surface area contributed by atoms with Crippen molar-refractivity contribution in [3.05, 3.63) is 36.8 Å². The number of rotatable bonds is 5. The highest BCUT2D eigenvalue weighted by atomic mass is 16.5. The minimum Gasteiger partial charge on any atom is -0.480 e. The van der Waals surface area contributed by atoms with Gasteiger partial charge in [-0.05, 0) is 43.4 Å². The van der Waals surface area contributed by atoms with Gasteiger partial charge >= 0.3 is 0 Å². The number of hydrogen-bond donors (Lipinski definition) is 2. The van der Waals surface area contributed by atoms with E-state index >= 15 is 0 Å². The Bertz CT molecular complexity index is 1310. The number of anilines is 1. The van der Waals surface area contributed by atoms with Gasteiger partial charge in [0.2, 0.25) is 17.7 Å². The van der Waals surface area contributed by atoms with E-state index in [0.717, 1.165) is 53.2 Å². The summed E-state index contributed by atoms with van der Waals surface area (Å²) < 4.78 is 5.65. The number of methoxy groups -OCH3 is 1. The van der Waals surface area contributed by atoms with Crippen LogP contribution in [-0.2, 0) is 4.79 Å². The molecule has 1 aliphatic rings. The molecule has 9 heteroatoms. The lowest BCUT2D eigenvalue weighted by Gasteiger charge is -2.29. The third-order valence-corrected chi connectivity index (χ3v) is 6.32. The van der Waals surface area contributed by atoms with Crippen molar-refractivity contribution in [1.82, 2.24) is 29.8 Å². The van der Waals surface area contributed by atoms with Crippen LogP contribution >= 0.6 is 0 Å². The molecule has 0 unspecified atom stereocenters. The second kappa shape index (κ2) is 8.65. The molecule has 170 valence electrons. The van der Waals surface area contributed by atoms with Crippen molar-refractivity contribution in [2.75, 3.05) is 26.5 Å². The topological polar surface area (TPSA) is 109 Å². The number of ether oxygens (including phenoxy) is 1. The molecular weight excluding hydrogens is 418 g/mol. The van der Waals surface area contributed by atoms with E-state index in [2.05, 4.69) is 25.3 Å². The van der Waals surface area contributed by atoms with E-state index in [-0.39, 0.29) is 17.9 Å². The van der Waals surface area contributed by atoms with Crippen molar-refractivity contribution in [1.29, 1.82) is 0 Å². The van der Waals surface area contributed by atoms with Crippen molar-refractivity contribution >= 4 is 33.9 Å². The Kier molecular flexibility index (Phi) is 5.53. The van der Waals surface area contributed by atoms with Gasteiger partial charge in [0.25, 0.3) is 0 Å². The summed E-state index contributed by atoms with van der Waals surface area (Å²) in [6, 6.07) is 6.20.